The molecule has 0 saturated carbocycles. The Balaban J connectivity index is 1.71. The molecule has 0 atom stereocenters. The molecular formula is C20H18ClNO3S. The summed E-state index contributed by atoms with van der Waals surface area (Å²) in [5.74, 6) is 0.435. The van der Waals surface area contributed by atoms with Crippen molar-refractivity contribution in [2.24, 2.45) is 0 Å². The largest absolute Gasteiger partial charge is 0.489 e. The SMILES string of the molecule is COC(=O)Cc1ccc(OCc2cc3ccc(SC)cc3nc2Cl)cc1. The topological polar surface area (TPSA) is 48.4 Å². The van der Waals surface area contributed by atoms with Gasteiger partial charge >= 0.3 is 5.97 Å². The Bertz CT molecular complexity index is 928. The van der Waals surface area contributed by atoms with Crippen molar-refractivity contribution in [3.63, 3.8) is 0 Å². The molecule has 3 rings (SSSR count). The van der Waals surface area contributed by atoms with Crippen LogP contribution in [-0.2, 0) is 22.6 Å². The van der Waals surface area contributed by atoms with E-state index in [2.05, 4.69) is 15.8 Å². The van der Waals surface area contributed by atoms with E-state index in [9.17, 15) is 4.79 Å². The van der Waals surface area contributed by atoms with Crippen molar-refractivity contribution in [3.8, 4) is 5.75 Å². The van der Waals surface area contributed by atoms with Crippen LogP contribution in [0.5, 0.6) is 5.75 Å². The first-order valence-electron chi connectivity index (χ1n) is 8.01. The molecule has 0 amide bonds. The summed E-state index contributed by atoms with van der Waals surface area (Å²) < 4.78 is 10.5. The van der Waals surface area contributed by atoms with Gasteiger partial charge < -0.3 is 9.47 Å². The molecule has 0 saturated heterocycles. The maximum atomic E-state index is 11.3. The molecule has 0 aliphatic heterocycles. The number of nitrogens with zero attached hydrogens (tertiary/aromatic N) is 1. The number of carbonyl (C=O) groups excluding carboxylic acids is 1. The first kappa shape index (κ1) is 18.5. The molecule has 26 heavy (non-hydrogen) atoms. The predicted octanol–water partition coefficient (Wildman–Crippen LogP) is 4.90. The zero-order chi connectivity index (χ0) is 18.5. The average molecular weight is 388 g/mol. The zero-order valence-electron chi connectivity index (χ0n) is 14.5. The standard InChI is InChI=1S/C20H18ClNO3S/c1-24-19(23)9-13-3-6-16(7-4-13)25-12-15-10-14-5-8-17(26-2)11-18(14)22-20(15)21/h3-8,10-11H,9,12H2,1-2H3. The summed E-state index contributed by atoms with van der Waals surface area (Å²) in [4.78, 5) is 16.9. The van der Waals surface area contributed by atoms with Gasteiger partial charge in [0.25, 0.3) is 0 Å². The number of pyridine rings is 1. The Labute approximate surface area is 161 Å². The van der Waals surface area contributed by atoms with Crippen molar-refractivity contribution < 1.29 is 14.3 Å². The van der Waals surface area contributed by atoms with E-state index in [0.717, 1.165) is 26.9 Å². The van der Waals surface area contributed by atoms with Gasteiger partial charge in [-0.1, -0.05) is 29.8 Å². The van der Waals surface area contributed by atoms with Crippen molar-refractivity contribution in [1.82, 2.24) is 4.98 Å². The molecule has 0 aliphatic rings. The normalized spacial score (nSPS) is 10.7. The Morgan fingerprint density at radius 1 is 1.15 bits per heavy atom. The smallest absolute Gasteiger partial charge is 0.309 e. The van der Waals surface area contributed by atoms with Crippen molar-refractivity contribution in [2.45, 2.75) is 17.9 Å². The van der Waals surface area contributed by atoms with Crippen LogP contribution in [0.4, 0.5) is 0 Å². The van der Waals surface area contributed by atoms with Crippen LogP contribution in [0.3, 0.4) is 0 Å². The summed E-state index contributed by atoms with van der Waals surface area (Å²) in [6, 6.07) is 15.5. The van der Waals surface area contributed by atoms with E-state index in [4.69, 9.17) is 16.3 Å². The summed E-state index contributed by atoms with van der Waals surface area (Å²) in [5.41, 5.74) is 2.58. The molecule has 0 fully saturated rings. The number of benzene rings is 2. The van der Waals surface area contributed by atoms with Gasteiger partial charge in [-0.25, -0.2) is 4.98 Å². The number of rotatable bonds is 6. The van der Waals surface area contributed by atoms with Gasteiger partial charge in [0.1, 0.15) is 17.5 Å². The Kier molecular flexibility index (Phi) is 6.01. The fourth-order valence-electron chi connectivity index (χ4n) is 2.50. The highest BCUT2D eigenvalue weighted by molar-refractivity contribution is 7.98. The van der Waals surface area contributed by atoms with Crippen LogP contribution < -0.4 is 4.74 Å². The molecule has 0 spiro atoms. The van der Waals surface area contributed by atoms with E-state index in [-0.39, 0.29) is 12.4 Å². The van der Waals surface area contributed by atoms with Crippen LogP contribution in [0.1, 0.15) is 11.1 Å². The predicted molar refractivity (Wildman–Crippen MR) is 105 cm³/mol. The van der Waals surface area contributed by atoms with Crippen molar-refractivity contribution in [1.29, 1.82) is 0 Å². The fourth-order valence-corrected chi connectivity index (χ4v) is 3.13. The number of ether oxygens (including phenoxy) is 2. The lowest BCUT2D eigenvalue weighted by Crippen LogP contribution is -2.04. The van der Waals surface area contributed by atoms with Crippen LogP contribution in [0.2, 0.25) is 5.15 Å². The molecule has 3 aromatic rings. The molecule has 0 bridgehead atoms. The van der Waals surface area contributed by atoms with Crippen LogP contribution in [0.25, 0.3) is 10.9 Å². The summed E-state index contributed by atoms with van der Waals surface area (Å²) in [7, 11) is 1.38. The highest BCUT2D eigenvalue weighted by Gasteiger charge is 2.08. The summed E-state index contributed by atoms with van der Waals surface area (Å²) in [6.45, 7) is 0.322. The van der Waals surface area contributed by atoms with E-state index in [0.29, 0.717) is 17.5 Å². The highest BCUT2D eigenvalue weighted by Crippen LogP contribution is 2.26. The van der Waals surface area contributed by atoms with E-state index < -0.39 is 0 Å². The van der Waals surface area contributed by atoms with Gasteiger partial charge in [-0.15, -0.1) is 11.8 Å². The minimum absolute atomic E-state index is 0.245. The van der Waals surface area contributed by atoms with Crippen molar-refractivity contribution >= 4 is 40.2 Å². The molecular weight excluding hydrogens is 370 g/mol. The number of thioether (sulfide) groups is 1. The third-order valence-corrected chi connectivity index (χ3v) is 5.00. The van der Waals surface area contributed by atoms with Crippen LogP contribution in [0.15, 0.2) is 53.4 Å². The number of aromatic nitrogens is 1. The van der Waals surface area contributed by atoms with Crippen LogP contribution in [-0.4, -0.2) is 24.3 Å². The van der Waals surface area contributed by atoms with Gasteiger partial charge in [-0.05, 0) is 42.2 Å². The van der Waals surface area contributed by atoms with Gasteiger partial charge in [0.2, 0.25) is 0 Å². The van der Waals surface area contributed by atoms with Crippen molar-refractivity contribution in [3.05, 3.63) is 64.8 Å². The molecule has 0 aliphatic carbocycles. The van der Waals surface area contributed by atoms with Crippen LogP contribution in [0, 0.1) is 0 Å². The van der Waals surface area contributed by atoms with E-state index in [1.54, 1.807) is 11.8 Å². The van der Waals surface area contributed by atoms with Crippen molar-refractivity contribution in [2.75, 3.05) is 13.4 Å². The second kappa shape index (κ2) is 8.43. The molecule has 134 valence electrons. The molecule has 4 nitrogen and oxygen atoms in total. The molecule has 2 aromatic carbocycles. The molecule has 0 unspecified atom stereocenters. The van der Waals surface area contributed by atoms with E-state index >= 15 is 0 Å². The molecule has 0 N–H and O–H groups in total. The second-order valence-electron chi connectivity index (χ2n) is 5.68. The van der Waals surface area contributed by atoms with Crippen LogP contribution >= 0.6 is 23.4 Å². The lowest BCUT2D eigenvalue weighted by molar-refractivity contribution is -0.139. The highest BCUT2D eigenvalue weighted by atomic mass is 35.5. The van der Waals surface area contributed by atoms with Gasteiger partial charge in [0.05, 0.1) is 19.0 Å². The van der Waals surface area contributed by atoms with Gasteiger partial charge in [-0.2, -0.15) is 0 Å². The number of hydrogen-bond acceptors (Lipinski definition) is 5. The van der Waals surface area contributed by atoms with Gasteiger partial charge in [0, 0.05) is 15.8 Å². The second-order valence-corrected chi connectivity index (χ2v) is 6.92. The van der Waals surface area contributed by atoms with E-state index in [1.165, 1.54) is 7.11 Å². The number of hydrogen-bond donors (Lipinski definition) is 0. The Hall–Kier alpha value is -2.24. The van der Waals surface area contributed by atoms with Gasteiger partial charge in [-0.3, -0.25) is 4.79 Å². The number of fused-ring (bicyclic) bond motifs is 1. The summed E-state index contributed by atoms with van der Waals surface area (Å²) in [5, 5.41) is 1.47. The maximum absolute atomic E-state index is 11.3. The monoisotopic (exact) mass is 387 g/mol. The molecule has 1 aromatic heterocycles. The number of esters is 1. The lowest BCUT2D eigenvalue weighted by Gasteiger charge is -2.10. The third kappa shape index (κ3) is 4.48. The third-order valence-electron chi connectivity index (χ3n) is 3.94. The number of halogens is 1. The fraction of sp³-hybridized carbons (Fsp3) is 0.200. The van der Waals surface area contributed by atoms with E-state index in [1.807, 2.05) is 48.7 Å². The minimum atomic E-state index is -0.266. The van der Waals surface area contributed by atoms with Gasteiger partial charge in [0.15, 0.2) is 0 Å². The summed E-state index contributed by atoms with van der Waals surface area (Å²) >= 11 is 7.98. The molecule has 1 heterocycles. The first-order valence-corrected chi connectivity index (χ1v) is 9.61. The number of carbonyl (C=O) groups is 1. The quantitative estimate of drug-likeness (QED) is 0.342. The Morgan fingerprint density at radius 3 is 2.62 bits per heavy atom. The average Bonchev–Trinajstić information content (AvgIpc) is 2.66. The Morgan fingerprint density at radius 2 is 1.92 bits per heavy atom. The minimum Gasteiger partial charge on any atom is -0.489 e. The first-order chi connectivity index (χ1) is 12.6. The molecule has 6 heteroatoms. The zero-order valence-corrected chi connectivity index (χ0v) is 16.1. The molecule has 0 radical (unpaired) electrons. The summed E-state index contributed by atoms with van der Waals surface area (Å²) in [6.07, 6.45) is 2.27. The lowest BCUT2D eigenvalue weighted by atomic mass is 10.1. The maximum Gasteiger partial charge on any atom is 0.309 e. The number of methoxy groups -OCH3 is 1.